The van der Waals surface area contributed by atoms with Crippen molar-refractivity contribution in [1.29, 1.82) is 0 Å². The lowest BCUT2D eigenvalue weighted by Crippen LogP contribution is -1.90. The summed E-state index contributed by atoms with van der Waals surface area (Å²) in [5, 5.41) is 7.08. The van der Waals surface area contributed by atoms with E-state index in [9.17, 15) is 0 Å². The Balaban J connectivity index is 1.45. The van der Waals surface area contributed by atoms with E-state index >= 15 is 0 Å². The van der Waals surface area contributed by atoms with E-state index in [2.05, 4.69) is 15.5 Å². The highest BCUT2D eigenvalue weighted by atomic mass is 32.1. The van der Waals surface area contributed by atoms with Crippen LogP contribution in [0, 0.1) is 6.92 Å². The lowest BCUT2D eigenvalue weighted by Gasteiger charge is -1.99. The molecule has 2 heterocycles. The summed E-state index contributed by atoms with van der Waals surface area (Å²) in [7, 11) is 0. The van der Waals surface area contributed by atoms with Crippen LogP contribution in [0.5, 0.6) is 0 Å². The molecule has 2 aromatic carbocycles. The quantitative estimate of drug-likeness (QED) is 0.360. The number of nitrogens with zero attached hydrogens (tertiary/aromatic N) is 2. The summed E-state index contributed by atoms with van der Waals surface area (Å²) in [6.07, 6.45) is 1.78. The first-order valence-electron chi connectivity index (χ1n) is 8.25. The number of thiazole rings is 1. The SMILES string of the molecule is Cc1ccc(-c2cccc(C=NNc3nc(-c4ccccc4)cs3)c2)o1. The van der Waals surface area contributed by atoms with E-state index in [1.807, 2.05) is 79.0 Å². The molecule has 5 heteroatoms. The van der Waals surface area contributed by atoms with Crippen molar-refractivity contribution in [2.24, 2.45) is 5.10 Å². The molecule has 0 amide bonds. The van der Waals surface area contributed by atoms with Crippen LogP contribution in [-0.2, 0) is 0 Å². The number of rotatable bonds is 5. The van der Waals surface area contributed by atoms with Crippen molar-refractivity contribution in [2.75, 3.05) is 5.43 Å². The molecule has 0 unspecified atom stereocenters. The zero-order valence-corrected chi connectivity index (χ0v) is 15.0. The molecule has 26 heavy (non-hydrogen) atoms. The Morgan fingerprint density at radius 3 is 2.65 bits per heavy atom. The van der Waals surface area contributed by atoms with Gasteiger partial charge in [0.15, 0.2) is 0 Å². The monoisotopic (exact) mass is 359 g/mol. The minimum Gasteiger partial charge on any atom is -0.461 e. The van der Waals surface area contributed by atoms with Gasteiger partial charge in [0.1, 0.15) is 11.5 Å². The second-order valence-electron chi connectivity index (χ2n) is 5.81. The number of furan rings is 1. The van der Waals surface area contributed by atoms with Crippen molar-refractivity contribution in [2.45, 2.75) is 6.92 Å². The number of hydrazone groups is 1. The van der Waals surface area contributed by atoms with E-state index in [1.54, 1.807) is 6.21 Å². The Labute approximate surface area is 155 Å². The molecule has 0 spiro atoms. The Morgan fingerprint density at radius 1 is 1.00 bits per heavy atom. The van der Waals surface area contributed by atoms with E-state index in [1.165, 1.54) is 11.3 Å². The molecule has 2 aromatic heterocycles. The van der Waals surface area contributed by atoms with Crippen molar-refractivity contribution in [3.63, 3.8) is 0 Å². The maximum Gasteiger partial charge on any atom is 0.203 e. The lowest BCUT2D eigenvalue weighted by atomic mass is 10.1. The largest absolute Gasteiger partial charge is 0.461 e. The van der Waals surface area contributed by atoms with Gasteiger partial charge in [-0.05, 0) is 30.7 Å². The standard InChI is InChI=1S/C21H17N3OS/c1-15-10-11-20(25-15)18-9-5-6-16(12-18)13-22-24-21-23-19(14-26-21)17-7-3-2-4-8-17/h2-14H,1H3,(H,23,24). The van der Waals surface area contributed by atoms with Crippen LogP contribution in [0.3, 0.4) is 0 Å². The number of hydrogen-bond acceptors (Lipinski definition) is 5. The summed E-state index contributed by atoms with van der Waals surface area (Å²) in [5.41, 5.74) is 7.07. The normalized spacial score (nSPS) is 11.1. The first kappa shape index (κ1) is 16.3. The molecule has 0 aliphatic carbocycles. The van der Waals surface area contributed by atoms with Gasteiger partial charge in [-0.2, -0.15) is 5.10 Å². The molecule has 128 valence electrons. The van der Waals surface area contributed by atoms with Crippen molar-refractivity contribution in [3.8, 4) is 22.6 Å². The summed E-state index contributed by atoms with van der Waals surface area (Å²) in [5.74, 6) is 1.76. The van der Waals surface area contributed by atoms with E-state index in [-0.39, 0.29) is 0 Å². The molecular formula is C21H17N3OS. The fourth-order valence-electron chi connectivity index (χ4n) is 2.59. The Morgan fingerprint density at radius 2 is 1.85 bits per heavy atom. The average Bonchev–Trinajstić information content (AvgIpc) is 3.32. The zero-order chi connectivity index (χ0) is 17.8. The van der Waals surface area contributed by atoms with Gasteiger partial charge in [0.05, 0.1) is 11.9 Å². The van der Waals surface area contributed by atoms with Gasteiger partial charge in [-0.15, -0.1) is 11.3 Å². The van der Waals surface area contributed by atoms with Gasteiger partial charge in [-0.3, -0.25) is 5.43 Å². The highest BCUT2D eigenvalue weighted by Crippen LogP contribution is 2.25. The predicted molar refractivity (Wildman–Crippen MR) is 108 cm³/mol. The smallest absolute Gasteiger partial charge is 0.203 e. The van der Waals surface area contributed by atoms with Gasteiger partial charge < -0.3 is 4.42 Å². The second-order valence-corrected chi connectivity index (χ2v) is 6.67. The third-order valence-electron chi connectivity index (χ3n) is 3.86. The molecule has 4 rings (SSSR count). The fourth-order valence-corrected chi connectivity index (χ4v) is 3.26. The van der Waals surface area contributed by atoms with E-state index in [4.69, 9.17) is 4.42 Å². The van der Waals surface area contributed by atoms with Gasteiger partial charge in [0, 0.05) is 16.5 Å². The number of anilines is 1. The summed E-state index contributed by atoms with van der Waals surface area (Å²) in [4.78, 5) is 4.56. The third kappa shape index (κ3) is 3.73. The molecule has 0 aliphatic rings. The number of aryl methyl sites for hydroxylation is 1. The first-order chi connectivity index (χ1) is 12.8. The van der Waals surface area contributed by atoms with Gasteiger partial charge in [-0.25, -0.2) is 4.98 Å². The van der Waals surface area contributed by atoms with Gasteiger partial charge in [-0.1, -0.05) is 48.5 Å². The Hall–Kier alpha value is -3.18. The molecular weight excluding hydrogens is 342 g/mol. The number of hydrogen-bond donors (Lipinski definition) is 1. The zero-order valence-electron chi connectivity index (χ0n) is 14.2. The van der Waals surface area contributed by atoms with Crippen LogP contribution in [0.15, 0.2) is 81.6 Å². The van der Waals surface area contributed by atoms with Crippen LogP contribution in [0.4, 0.5) is 5.13 Å². The van der Waals surface area contributed by atoms with Crippen LogP contribution in [0.2, 0.25) is 0 Å². The first-order valence-corrected chi connectivity index (χ1v) is 9.13. The molecule has 0 atom stereocenters. The molecule has 4 nitrogen and oxygen atoms in total. The van der Waals surface area contributed by atoms with Gasteiger partial charge in [0.25, 0.3) is 0 Å². The van der Waals surface area contributed by atoms with Crippen LogP contribution >= 0.6 is 11.3 Å². The minimum atomic E-state index is 0.762. The van der Waals surface area contributed by atoms with Crippen molar-refractivity contribution in [3.05, 3.63) is 83.4 Å². The topological polar surface area (TPSA) is 50.4 Å². The molecule has 0 radical (unpaired) electrons. The maximum atomic E-state index is 5.67. The third-order valence-corrected chi connectivity index (χ3v) is 4.61. The van der Waals surface area contributed by atoms with Gasteiger partial charge >= 0.3 is 0 Å². The lowest BCUT2D eigenvalue weighted by molar-refractivity contribution is 0.548. The van der Waals surface area contributed by atoms with Crippen LogP contribution < -0.4 is 5.43 Å². The number of benzene rings is 2. The predicted octanol–water partition coefficient (Wildman–Crippen LogP) is 5.82. The van der Waals surface area contributed by atoms with Crippen molar-refractivity contribution in [1.82, 2.24) is 4.98 Å². The highest BCUT2D eigenvalue weighted by Gasteiger charge is 2.04. The molecule has 0 fully saturated rings. The molecule has 0 saturated heterocycles. The molecule has 0 bridgehead atoms. The summed E-state index contributed by atoms with van der Waals surface area (Å²) < 4.78 is 5.67. The van der Waals surface area contributed by atoms with E-state index in [0.29, 0.717) is 0 Å². The average molecular weight is 359 g/mol. The second kappa shape index (κ2) is 7.37. The molecule has 1 N–H and O–H groups in total. The van der Waals surface area contributed by atoms with Crippen molar-refractivity contribution >= 4 is 22.7 Å². The molecule has 0 aliphatic heterocycles. The van der Waals surface area contributed by atoms with E-state index < -0.39 is 0 Å². The summed E-state index contributed by atoms with van der Waals surface area (Å²) >= 11 is 1.53. The Kier molecular flexibility index (Phi) is 4.62. The Bertz CT molecular complexity index is 1030. The van der Waals surface area contributed by atoms with Crippen LogP contribution in [-0.4, -0.2) is 11.2 Å². The van der Waals surface area contributed by atoms with E-state index in [0.717, 1.165) is 39.0 Å². The number of aromatic nitrogens is 1. The summed E-state index contributed by atoms with van der Waals surface area (Å²) in [6, 6.07) is 22.1. The highest BCUT2D eigenvalue weighted by molar-refractivity contribution is 7.14. The summed E-state index contributed by atoms with van der Waals surface area (Å²) in [6.45, 7) is 1.94. The van der Waals surface area contributed by atoms with Crippen molar-refractivity contribution < 1.29 is 4.42 Å². The number of nitrogens with one attached hydrogen (secondary N) is 1. The van der Waals surface area contributed by atoms with Crippen LogP contribution in [0.25, 0.3) is 22.6 Å². The fraction of sp³-hybridized carbons (Fsp3) is 0.0476. The maximum absolute atomic E-state index is 5.67. The van der Waals surface area contributed by atoms with Gasteiger partial charge in [0.2, 0.25) is 5.13 Å². The molecule has 0 saturated carbocycles. The molecule has 4 aromatic rings. The minimum absolute atomic E-state index is 0.762. The van der Waals surface area contributed by atoms with Crippen LogP contribution in [0.1, 0.15) is 11.3 Å².